The van der Waals surface area contributed by atoms with Crippen molar-refractivity contribution >= 4 is 24.0 Å². The lowest BCUT2D eigenvalue weighted by atomic mass is 10.1. The van der Waals surface area contributed by atoms with Crippen molar-refractivity contribution in [2.45, 2.75) is 11.2 Å². The lowest BCUT2D eigenvalue weighted by Crippen LogP contribution is -2.29. The van der Waals surface area contributed by atoms with E-state index < -0.39 is 4.75 Å². The number of hydrogen-bond donors (Lipinski definition) is 0. The SMILES string of the molecule is CSC1(C=O)CC(=O)N(C)C1. The number of rotatable bonds is 2. The highest BCUT2D eigenvalue weighted by molar-refractivity contribution is 8.00. The minimum atomic E-state index is -0.466. The van der Waals surface area contributed by atoms with Crippen molar-refractivity contribution in [2.75, 3.05) is 19.8 Å². The summed E-state index contributed by atoms with van der Waals surface area (Å²) in [6.45, 7) is 0.552. The molecule has 1 unspecified atom stereocenters. The molecule has 0 spiro atoms. The van der Waals surface area contributed by atoms with E-state index >= 15 is 0 Å². The van der Waals surface area contributed by atoms with Gasteiger partial charge in [0.25, 0.3) is 0 Å². The Morgan fingerprint density at radius 1 is 1.73 bits per heavy atom. The number of carbonyl (C=O) groups excluding carboxylic acids is 2. The molecule has 0 aliphatic carbocycles. The van der Waals surface area contributed by atoms with Crippen molar-refractivity contribution in [3.8, 4) is 0 Å². The number of aldehydes is 1. The van der Waals surface area contributed by atoms with Gasteiger partial charge in [-0.25, -0.2) is 0 Å². The Hall–Kier alpha value is -0.510. The van der Waals surface area contributed by atoms with Crippen molar-refractivity contribution < 1.29 is 9.59 Å². The summed E-state index contributed by atoms with van der Waals surface area (Å²) in [6, 6.07) is 0. The molecule has 1 rings (SSSR count). The molecular weight excluding hydrogens is 162 g/mol. The molecule has 0 radical (unpaired) electrons. The number of carbonyl (C=O) groups is 2. The van der Waals surface area contributed by atoms with Gasteiger partial charge in [0, 0.05) is 20.0 Å². The monoisotopic (exact) mass is 173 g/mol. The molecule has 62 valence electrons. The maximum Gasteiger partial charge on any atom is 0.224 e. The fourth-order valence-electron chi connectivity index (χ4n) is 1.20. The molecule has 11 heavy (non-hydrogen) atoms. The molecule has 0 saturated carbocycles. The van der Waals surface area contributed by atoms with Crippen LogP contribution in [-0.2, 0) is 9.59 Å². The van der Waals surface area contributed by atoms with E-state index in [9.17, 15) is 9.59 Å². The average molecular weight is 173 g/mol. The van der Waals surface area contributed by atoms with E-state index in [1.54, 1.807) is 11.9 Å². The van der Waals surface area contributed by atoms with E-state index in [2.05, 4.69) is 0 Å². The molecule has 1 heterocycles. The molecule has 1 fully saturated rings. The fraction of sp³-hybridized carbons (Fsp3) is 0.714. The second kappa shape index (κ2) is 2.85. The van der Waals surface area contributed by atoms with Crippen LogP contribution in [0.15, 0.2) is 0 Å². The van der Waals surface area contributed by atoms with Gasteiger partial charge in [-0.1, -0.05) is 0 Å². The van der Waals surface area contributed by atoms with Gasteiger partial charge in [0.2, 0.25) is 5.91 Å². The van der Waals surface area contributed by atoms with Crippen LogP contribution >= 0.6 is 11.8 Å². The summed E-state index contributed by atoms with van der Waals surface area (Å²) in [5.41, 5.74) is 0. The average Bonchev–Trinajstić information content (AvgIpc) is 2.29. The summed E-state index contributed by atoms with van der Waals surface area (Å²) in [7, 11) is 1.73. The fourth-order valence-corrected chi connectivity index (χ4v) is 1.89. The molecule has 1 atom stereocenters. The molecule has 0 bridgehead atoms. The molecule has 1 amide bonds. The van der Waals surface area contributed by atoms with Crippen molar-refractivity contribution in [2.24, 2.45) is 0 Å². The summed E-state index contributed by atoms with van der Waals surface area (Å²) in [5, 5.41) is 0. The molecule has 0 aromatic carbocycles. The van der Waals surface area contributed by atoms with Gasteiger partial charge in [-0.2, -0.15) is 0 Å². The van der Waals surface area contributed by atoms with Crippen LogP contribution in [0.5, 0.6) is 0 Å². The van der Waals surface area contributed by atoms with E-state index in [1.807, 2.05) is 6.26 Å². The van der Waals surface area contributed by atoms with E-state index in [0.717, 1.165) is 6.29 Å². The smallest absolute Gasteiger partial charge is 0.224 e. The molecule has 0 aromatic rings. The Balaban J connectivity index is 2.76. The van der Waals surface area contributed by atoms with Gasteiger partial charge < -0.3 is 9.69 Å². The van der Waals surface area contributed by atoms with Crippen molar-refractivity contribution in [3.63, 3.8) is 0 Å². The van der Waals surface area contributed by atoms with E-state index in [1.165, 1.54) is 11.8 Å². The van der Waals surface area contributed by atoms with Gasteiger partial charge in [-0.15, -0.1) is 11.8 Å². The van der Waals surface area contributed by atoms with Crippen LogP contribution in [0, 0.1) is 0 Å². The third kappa shape index (κ3) is 1.40. The maximum atomic E-state index is 11.1. The first-order valence-electron chi connectivity index (χ1n) is 3.39. The predicted octanol–water partition coefficient (Wildman–Crippen LogP) is 0.149. The Morgan fingerprint density at radius 2 is 2.36 bits per heavy atom. The molecule has 3 nitrogen and oxygen atoms in total. The number of hydrogen-bond acceptors (Lipinski definition) is 3. The maximum absolute atomic E-state index is 11.1. The zero-order valence-corrected chi connectivity index (χ0v) is 7.48. The summed E-state index contributed by atoms with van der Waals surface area (Å²) < 4.78 is -0.466. The Labute approximate surface area is 70.1 Å². The van der Waals surface area contributed by atoms with Crippen molar-refractivity contribution in [1.29, 1.82) is 0 Å². The lowest BCUT2D eigenvalue weighted by Gasteiger charge is -2.17. The minimum Gasteiger partial charge on any atom is -0.344 e. The number of thioether (sulfide) groups is 1. The van der Waals surface area contributed by atoms with Gasteiger partial charge in [-0.3, -0.25) is 4.79 Å². The van der Waals surface area contributed by atoms with Crippen LogP contribution in [0.4, 0.5) is 0 Å². The Kier molecular flexibility index (Phi) is 2.23. The van der Waals surface area contributed by atoms with E-state index in [4.69, 9.17) is 0 Å². The Bertz CT molecular complexity index is 195. The first-order chi connectivity index (χ1) is 5.13. The zero-order chi connectivity index (χ0) is 8.48. The molecule has 0 N–H and O–H groups in total. The van der Waals surface area contributed by atoms with Crippen molar-refractivity contribution in [3.05, 3.63) is 0 Å². The van der Waals surface area contributed by atoms with Crippen molar-refractivity contribution in [1.82, 2.24) is 4.90 Å². The summed E-state index contributed by atoms with van der Waals surface area (Å²) >= 11 is 1.46. The topological polar surface area (TPSA) is 37.4 Å². The van der Waals surface area contributed by atoms with Crippen LogP contribution < -0.4 is 0 Å². The minimum absolute atomic E-state index is 0.0615. The normalized spacial score (nSPS) is 31.1. The summed E-state index contributed by atoms with van der Waals surface area (Å²) in [4.78, 5) is 23.3. The second-order valence-corrected chi connectivity index (χ2v) is 4.03. The molecular formula is C7H11NO2S. The Morgan fingerprint density at radius 3 is 2.55 bits per heavy atom. The quantitative estimate of drug-likeness (QED) is 0.558. The largest absolute Gasteiger partial charge is 0.344 e. The van der Waals surface area contributed by atoms with E-state index in [-0.39, 0.29) is 5.91 Å². The van der Waals surface area contributed by atoms with Gasteiger partial charge in [0.1, 0.15) is 6.29 Å². The first-order valence-corrected chi connectivity index (χ1v) is 4.61. The third-order valence-corrected chi connectivity index (χ3v) is 3.19. The molecule has 4 heteroatoms. The van der Waals surface area contributed by atoms with Crippen LogP contribution in [0.2, 0.25) is 0 Å². The second-order valence-electron chi connectivity index (χ2n) is 2.81. The number of amides is 1. The lowest BCUT2D eigenvalue weighted by molar-refractivity contribution is -0.126. The van der Waals surface area contributed by atoms with Crippen LogP contribution in [0.25, 0.3) is 0 Å². The summed E-state index contributed by atoms with van der Waals surface area (Å²) in [5.74, 6) is 0.0615. The molecule has 1 saturated heterocycles. The molecule has 0 aromatic heterocycles. The van der Waals surface area contributed by atoms with Crippen LogP contribution in [0.1, 0.15) is 6.42 Å². The highest BCUT2D eigenvalue weighted by atomic mass is 32.2. The van der Waals surface area contributed by atoms with Gasteiger partial charge in [0.15, 0.2) is 0 Å². The van der Waals surface area contributed by atoms with Crippen LogP contribution in [-0.4, -0.2) is 41.7 Å². The van der Waals surface area contributed by atoms with E-state index in [0.29, 0.717) is 13.0 Å². The van der Waals surface area contributed by atoms with Gasteiger partial charge in [-0.05, 0) is 6.26 Å². The zero-order valence-electron chi connectivity index (χ0n) is 6.66. The first kappa shape index (κ1) is 8.59. The number of nitrogens with zero attached hydrogens (tertiary/aromatic N) is 1. The third-order valence-electron chi connectivity index (χ3n) is 2.00. The highest BCUT2D eigenvalue weighted by Gasteiger charge is 2.40. The van der Waals surface area contributed by atoms with Gasteiger partial charge in [0.05, 0.1) is 4.75 Å². The molecule has 1 aliphatic rings. The molecule has 1 aliphatic heterocycles. The number of likely N-dealkylation sites (tertiary alicyclic amines) is 1. The predicted molar refractivity (Wildman–Crippen MR) is 44.6 cm³/mol. The van der Waals surface area contributed by atoms with Gasteiger partial charge >= 0.3 is 0 Å². The summed E-state index contributed by atoms with van der Waals surface area (Å²) in [6.07, 6.45) is 3.11. The highest BCUT2D eigenvalue weighted by Crippen LogP contribution is 2.31. The standard InChI is InChI=1S/C7H11NO2S/c1-8-4-7(5-9,11-2)3-6(8)10/h5H,3-4H2,1-2H3. The van der Waals surface area contributed by atoms with Crippen LogP contribution in [0.3, 0.4) is 0 Å².